The van der Waals surface area contributed by atoms with Gasteiger partial charge in [-0.05, 0) is 42.7 Å². The molecule has 0 aromatic heterocycles. The number of aryl methyl sites for hydroxylation is 1. The van der Waals surface area contributed by atoms with E-state index >= 15 is 0 Å². The normalized spacial score (nSPS) is 10.2. The summed E-state index contributed by atoms with van der Waals surface area (Å²) in [7, 11) is 1.64. The summed E-state index contributed by atoms with van der Waals surface area (Å²) in [6.45, 7) is 2.40. The van der Waals surface area contributed by atoms with Crippen molar-refractivity contribution in [3.8, 4) is 11.5 Å². The third kappa shape index (κ3) is 5.18. The Bertz CT molecular complexity index is 673. The molecule has 0 atom stereocenters. The van der Waals surface area contributed by atoms with Crippen LogP contribution in [0.5, 0.6) is 11.5 Å². The van der Waals surface area contributed by atoms with Crippen LogP contribution in [0.4, 0.5) is 0 Å². The number of hydrogen-bond donors (Lipinski definition) is 1. The maximum absolute atomic E-state index is 11.8. The highest BCUT2D eigenvalue weighted by Gasteiger charge is 2.07. The summed E-state index contributed by atoms with van der Waals surface area (Å²) in [6.07, 6.45) is 0.695. The SMILES string of the molecule is COc1ccccc1CCNC(=O)COc1cc(C)ccc1Cl. The zero-order valence-corrected chi connectivity index (χ0v) is 14.0. The Morgan fingerprint density at radius 2 is 1.96 bits per heavy atom. The van der Waals surface area contributed by atoms with E-state index in [1.165, 1.54) is 0 Å². The summed E-state index contributed by atoms with van der Waals surface area (Å²) in [5, 5.41) is 3.32. The summed E-state index contributed by atoms with van der Waals surface area (Å²) in [6, 6.07) is 13.2. The van der Waals surface area contributed by atoms with E-state index < -0.39 is 0 Å². The molecule has 2 aromatic rings. The first-order valence-corrected chi connectivity index (χ1v) is 7.75. The van der Waals surface area contributed by atoms with Crippen molar-refractivity contribution in [3.63, 3.8) is 0 Å². The number of nitrogens with one attached hydrogen (secondary N) is 1. The molecule has 0 spiro atoms. The van der Waals surface area contributed by atoms with Crippen LogP contribution in [0.3, 0.4) is 0 Å². The molecule has 1 amide bonds. The van der Waals surface area contributed by atoms with Crippen LogP contribution in [0.1, 0.15) is 11.1 Å². The van der Waals surface area contributed by atoms with Gasteiger partial charge in [0.15, 0.2) is 6.61 Å². The highest BCUT2D eigenvalue weighted by molar-refractivity contribution is 6.32. The largest absolute Gasteiger partial charge is 0.496 e. The van der Waals surface area contributed by atoms with Gasteiger partial charge in [0.2, 0.25) is 0 Å². The predicted octanol–water partition coefficient (Wildman–Crippen LogP) is 3.39. The summed E-state index contributed by atoms with van der Waals surface area (Å²) < 4.78 is 10.7. The molecule has 0 aliphatic carbocycles. The van der Waals surface area contributed by atoms with Crippen LogP contribution >= 0.6 is 11.6 Å². The lowest BCUT2D eigenvalue weighted by atomic mass is 10.1. The molecule has 4 nitrogen and oxygen atoms in total. The van der Waals surface area contributed by atoms with Gasteiger partial charge in [-0.2, -0.15) is 0 Å². The van der Waals surface area contributed by atoms with Gasteiger partial charge in [-0.25, -0.2) is 0 Å². The second kappa shape index (κ2) is 8.44. The van der Waals surface area contributed by atoms with Gasteiger partial charge >= 0.3 is 0 Å². The van der Waals surface area contributed by atoms with Crippen molar-refractivity contribution in [2.75, 3.05) is 20.3 Å². The van der Waals surface area contributed by atoms with Crippen LogP contribution in [0.15, 0.2) is 42.5 Å². The number of amides is 1. The van der Waals surface area contributed by atoms with Crippen molar-refractivity contribution in [3.05, 3.63) is 58.6 Å². The van der Waals surface area contributed by atoms with Crippen molar-refractivity contribution in [1.29, 1.82) is 0 Å². The maximum atomic E-state index is 11.8. The molecule has 2 aromatic carbocycles. The van der Waals surface area contributed by atoms with Gasteiger partial charge in [-0.1, -0.05) is 35.9 Å². The van der Waals surface area contributed by atoms with Crippen LogP contribution in [0, 0.1) is 6.92 Å². The average molecular weight is 334 g/mol. The first-order valence-electron chi connectivity index (χ1n) is 7.37. The van der Waals surface area contributed by atoms with Gasteiger partial charge in [-0.3, -0.25) is 4.79 Å². The number of para-hydroxylation sites is 1. The van der Waals surface area contributed by atoms with Crippen LogP contribution in [-0.4, -0.2) is 26.2 Å². The highest BCUT2D eigenvalue weighted by atomic mass is 35.5. The summed E-state index contributed by atoms with van der Waals surface area (Å²) in [4.78, 5) is 11.8. The summed E-state index contributed by atoms with van der Waals surface area (Å²) >= 11 is 6.03. The van der Waals surface area contributed by atoms with Crippen molar-refractivity contribution < 1.29 is 14.3 Å². The minimum atomic E-state index is -0.183. The minimum Gasteiger partial charge on any atom is -0.496 e. The van der Waals surface area contributed by atoms with Gasteiger partial charge in [-0.15, -0.1) is 0 Å². The van der Waals surface area contributed by atoms with Gasteiger partial charge in [0.05, 0.1) is 12.1 Å². The smallest absolute Gasteiger partial charge is 0.257 e. The van der Waals surface area contributed by atoms with Crippen molar-refractivity contribution in [2.24, 2.45) is 0 Å². The Hall–Kier alpha value is -2.20. The lowest BCUT2D eigenvalue weighted by molar-refractivity contribution is -0.123. The van der Waals surface area contributed by atoms with Gasteiger partial charge in [0, 0.05) is 6.54 Å². The standard InChI is InChI=1S/C18H20ClNO3/c1-13-7-8-15(19)17(11-13)23-12-18(21)20-10-9-14-5-3-4-6-16(14)22-2/h3-8,11H,9-10,12H2,1-2H3,(H,20,21). The number of hydrogen-bond acceptors (Lipinski definition) is 3. The number of methoxy groups -OCH3 is 1. The van der Waals surface area contributed by atoms with E-state index in [4.69, 9.17) is 21.1 Å². The number of carbonyl (C=O) groups is 1. The second-order valence-electron chi connectivity index (χ2n) is 5.13. The molecule has 0 unspecified atom stereocenters. The van der Waals surface area contributed by atoms with E-state index in [1.54, 1.807) is 13.2 Å². The van der Waals surface area contributed by atoms with Crippen molar-refractivity contribution in [1.82, 2.24) is 5.32 Å². The van der Waals surface area contributed by atoms with E-state index in [9.17, 15) is 4.79 Å². The Morgan fingerprint density at radius 3 is 2.74 bits per heavy atom. The Labute approximate surface area is 141 Å². The fraction of sp³-hybridized carbons (Fsp3) is 0.278. The van der Waals surface area contributed by atoms with E-state index in [2.05, 4.69) is 5.32 Å². The molecule has 0 bridgehead atoms. The molecule has 0 saturated heterocycles. The quantitative estimate of drug-likeness (QED) is 0.844. The van der Waals surface area contributed by atoms with Crippen LogP contribution < -0.4 is 14.8 Å². The third-order valence-corrected chi connectivity index (χ3v) is 3.67. The monoisotopic (exact) mass is 333 g/mol. The number of benzene rings is 2. The highest BCUT2D eigenvalue weighted by Crippen LogP contribution is 2.25. The fourth-order valence-corrected chi connectivity index (χ4v) is 2.33. The zero-order chi connectivity index (χ0) is 16.7. The number of rotatable bonds is 7. The molecule has 0 aliphatic heterocycles. The Balaban J connectivity index is 1.78. The lowest BCUT2D eigenvalue weighted by Crippen LogP contribution is -2.30. The van der Waals surface area contributed by atoms with E-state index in [-0.39, 0.29) is 12.5 Å². The molecule has 1 N–H and O–H groups in total. The molecule has 122 valence electrons. The molecular formula is C18H20ClNO3. The number of carbonyl (C=O) groups excluding carboxylic acids is 1. The second-order valence-corrected chi connectivity index (χ2v) is 5.54. The van der Waals surface area contributed by atoms with Gasteiger partial charge in [0.25, 0.3) is 5.91 Å². The van der Waals surface area contributed by atoms with Gasteiger partial charge < -0.3 is 14.8 Å². The third-order valence-electron chi connectivity index (χ3n) is 3.35. The van der Waals surface area contributed by atoms with E-state index in [0.29, 0.717) is 23.7 Å². The molecule has 2 rings (SSSR count). The van der Waals surface area contributed by atoms with Crippen molar-refractivity contribution in [2.45, 2.75) is 13.3 Å². The first-order chi connectivity index (χ1) is 11.1. The molecular weight excluding hydrogens is 314 g/mol. The lowest BCUT2D eigenvalue weighted by Gasteiger charge is -2.11. The number of ether oxygens (including phenoxy) is 2. The summed E-state index contributed by atoms with van der Waals surface area (Å²) in [5.74, 6) is 1.16. The van der Waals surface area contributed by atoms with Crippen molar-refractivity contribution >= 4 is 17.5 Å². The molecule has 0 aliphatic rings. The van der Waals surface area contributed by atoms with Gasteiger partial charge in [0.1, 0.15) is 11.5 Å². The van der Waals surface area contributed by atoms with Crippen LogP contribution in [-0.2, 0) is 11.2 Å². The molecule has 0 radical (unpaired) electrons. The fourth-order valence-electron chi connectivity index (χ4n) is 2.16. The minimum absolute atomic E-state index is 0.0604. The molecule has 0 heterocycles. The summed E-state index contributed by atoms with van der Waals surface area (Å²) in [5.41, 5.74) is 2.08. The van der Waals surface area contributed by atoms with Crippen LogP contribution in [0.25, 0.3) is 0 Å². The molecule has 0 saturated carbocycles. The zero-order valence-electron chi connectivity index (χ0n) is 13.3. The van der Waals surface area contributed by atoms with E-state index in [0.717, 1.165) is 16.9 Å². The Kier molecular flexibility index (Phi) is 6.29. The Morgan fingerprint density at radius 1 is 1.17 bits per heavy atom. The van der Waals surface area contributed by atoms with E-state index in [1.807, 2.05) is 43.3 Å². The first kappa shape index (κ1) is 17.2. The molecule has 23 heavy (non-hydrogen) atoms. The number of halogens is 1. The average Bonchev–Trinajstić information content (AvgIpc) is 2.56. The molecule has 0 fully saturated rings. The van der Waals surface area contributed by atoms with Crippen LogP contribution in [0.2, 0.25) is 5.02 Å². The predicted molar refractivity (Wildman–Crippen MR) is 91.4 cm³/mol. The molecule has 5 heteroatoms. The maximum Gasteiger partial charge on any atom is 0.257 e. The topological polar surface area (TPSA) is 47.6 Å².